The zero-order valence-electron chi connectivity index (χ0n) is 10.1. The molecule has 0 radical (unpaired) electrons. The van der Waals surface area contributed by atoms with E-state index in [1.807, 2.05) is 41.3 Å². The molecule has 0 aliphatic rings. The van der Waals surface area contributed by atoms with E-state index >= 15 is 0 Å². The molecule has 0 aromatic heterocycles. The maximum atomic E-state index is 13.6. The van der Waals surface area contributed by atoms with E-state index in [1.165, 1.54) is 6.07 Å². The topological polar surface area (TPSA) is 49.5 Å². The minimum absolute atomic E-state index is 0.121. The molecule has 1 rings (SSSR count). The molecular formula is C12H18FIN2O. The zero-order chi connectivity index (χ0) is 13.0. The Kier molecular flexibility index (Phi) is 5.45. The second kappa shape index (κ2) is 6.39. The minimum atomic E-state index is -0.260. The number of benzene rings is 1. The van der Waals surface area contributed by atoms with Crippen molar-refractivity contribution < 1.29 is 9.50 Å². The van der Waals surface area contributed by atoms with Crippen LogP contribution in [0.1, 0.15) is 20.3 Å². The van der Waals surface area contributed by atoms with E-state index in [0.717, 1.165) is 0 Å². The number of nitrogen functional groups attached to an aromatic ring is 1. The van der Waals surface area contributed by atoms with Crippen molar-refractivity contribution in [1.29, 1.82) is 0 Å². The van der Waals surface area contributed by atoms with Crippen molar-refractivity contribution in [1.82, 2.24) is 0 Å². The predicted octanol–water partition coefficient (Wildman–Crippen LogP) is 2.61. The summed E-state index contributed by atoms with van der Waals surface area (Å²) in [6, 6.07) is 3.32. The Morgan fingerprint density at radius 3 is 2.65 bits per heavy atom. The molecule has 0 aliphatic heterocycles. The Bertz CT molecular complexity index is 385. The molecule has 3 nitrogen and oxygen atoms in total. The molecule has 96 valence electrons. The van der Waals surface area contributed by atoms with E-state index in [-0.39, 0.29) is 18.5 Å². The summed E-state index contributed by atoms with van der Waals surface area (Å²) in [5.74, 6) is -0.260. The summed E-state index contributed by atoms with van der Waals surface area (Å²) >= 11 is 1.92. The lowest BCUT2D eigenvalue weighted by molar-refractivity contribution is 0.288. The maximum absolute atomic E-state index is 13.6. The maximum Gasteiger partial charge on any atom is 0.138 e. The molecule has 0 amide bonds. The lowest BCUT2D eigenvalue weighted by Gasteiger charge is -2.30. The number of halogens is 2. The van der Waals surface area contributed by atoms with Gasteiger partial charge in [-0.1, -0.05) is 0 Å². The Balaban J connectivity index is 3.05. The zero-order valence-corrected chi connectivity index (χ0v) is 12.2. The van der Waals surface area contributed by atoms with E-state index < -0.39 is 0 Å². The van der Waals surface area contributed by atoms with Crippen LogP contribution in [0.5, 0.6) is 0 Å². The smallest absolute Gasteiger partial charge is 0.138 e. The fraction of sp³-hybridized carbons (Fsp3) is 0.500. The summed E-state index contributed by atoms with van der Waals surface area (Å²) in [7, 11) is 0. The summed E-state index contributed by atoms with van der Waals surface area (Å²) in [5.41, 5.74) is 7.20. The van der Waals surface area contributed by atoms with Crippen LogP contribution in [0.2, 0.25) is 0 Å². The SMILES string of the molecule is CC(C)N(CCCO)c1cc(F)c(I)cc1N. The van der Waals surface area contributed by atoms with Crippen molar-refractivity contribution in [2.24, 2.45) is 0 Å². The molecule has 5 heteroatoms. The third-order valence-corrected chi connectivity index (χ3v) is 3.39. The number of rotatable bonds is 5. The predicted molar refractivity (Wildman–Crippen MR) is 77.7 cm³/mol. The molecule has 0 heterocycles. The Hall–Kier alpha value is -0.560. The van der Waals surface area contributed by atoms with Crippen molar-refractivity contribution in [3.63, 3.8) is 0 Å². The number of anilines is 2. The Morgan fingerprint density at radius 1 is 1.47 bits per heavy atom. The van der Waals surface area contributed by atoms with E-state index in [2.05, 4.69) is 0 Å². The number of nitrogens with two attached hydrogens (primary N) is 1. The van der Waals surface area contributed by atoms with E-state index in [9.17, 15) is 4.39 Å². The Labute approximate surface area is 115 Å². The number of aliphatic hydroxyl groups is 1. The lowest BCUT2D eigenvalue weighted by atomic mass is 10.2. The lowest BCUT2D eigenvalue weighted by Crippen LogP contribution is -2.33. The van der Waals surface area contributed by atoms with Gasteiger partial charge in [0, 0.05) is 25.3 Å². The van der Waals surface area contributed by atoms with Crippen molar-refractivity contribution in [3.8, 4) is 0 Å². The van der Waals surface area contributed by atoms with Crippen molar-refractivity contribution in [2.75, 3.05) is 23.8 Å². The number of hydrogen-bond acceptors (Lipinski definition) is 3. The summed E-state index contributed by atoms with van der Waals surface area (Å²) in [6.07, 6.45) is 0.644. The van der Waals surface area contributed by atoms with E-state index in [1.54, 1.807) is 6.07 Å². The van der Waals surface area contributed by atoms with Gasteiger partial charge in [0.25, 0.3) is 0 Å². The molecule has 0 fully saturated rings. The van der Waals surface area contributed by atoms with Gasteiger partial charge >= 0.3 is 0 Å². The van der Waals surface area contributed by atoms with Crippen LogP contribution < -0.4 is 10.6 Å². The molecule has 0 saturated heterocycles. The molecule has 17 heavy (non-hydrogen) atoms. The van der Waals surface area contributed by atoms with Crippen molar-refractivity contribution in [2.45, 2.75) is 26.3 Å². The minimum Gasteiger partial charge on any atom is -0.397 e. The van der Waals surface area contributed by atoms with Crippen LogP contribution in [-0.2, 0) is 0 Å². The highest BCUT2D eigenvalue weighted by Crippen LogP contribution is 2.29. The third kappa shape index (κ3) is 3.70. The summed E-state index contributed by atoms with van der Waals surface area (Å²) < 4.78 is 14.1. The van der Waals surface area contributed by atoms with Crippen LogP contribution in [-0.4, -0.2) is 24.3 Å². The van der Waals surface area contributed by atoms with Gasteiger partial charge < -0.3 is 15.7 Å². The first-order valence-corrected chi connectivity index (χ1v) is 6.67. The molecule has 0 atom stereocenters. The number of aliphatic hydroxyl groups excluding tert-OH is 1. The largest absolute Gasteiger partial charge is 0.397 e. The molecule has 3 N–H and O–H groups in total. The molecule has 1 aromatic carbocycles. The van der Waals surface area contributed by atoms with Gasteiger partial charge in [0.15, 0.2) is 0 Å². The van der Waals surface area contributed by atoms with E-state index in [0.29, 0.717) is 27.9 Å². The molecule has 0 aliphatic carbocycles. The van der Waals surface area contributed by atoms with Crippen molar-refractivity contribution in [3.05, 3.63) is 21.5 Å². The van der Waals surface area contributed by atoms with Gasteiger partial charge in [0.1, 0.15) is 5.82 Å². The molecular weight excluding hydrogens is 334 g/mol. The highest BCUT2D eigenvalue weighted by molar-refractivity contribution is 14.1. The fourth-order valence-corrected chi connectivity index (χ4v) is 2.19. The van der Waals surface area contributed by atoms with Gasteiger partial charge in [-0.05, 0) is 48.9 Å². The summed E-state index contributed by atoms with van der Waals surface area (Å²) in [4.78, 5) is 2.00. The van der Waals surface area contributed by atoms with Gasteiger partial charge in [-0.2, -0.15) is 0 Å². The fourth-order valence-electron chi connectivity index (χ4n) is 1.70. The van der Waals surface area contributed by atoms with Crippen LogP contribution in [0.3, 0.4) is 0 Å². The molecule has 0 saturated carbocycles. The van der Waals surface area contributed by atoms with Gasteiger partial charge in [0.05, 0.1) is 14.9 Å². The summed E-state index contributed by atoms with van der Waals surface area (Å²) in [6.45, 7) is 4.83. The van der Waals surface area contributed by atoms with Gasteiger partial charge in [-0.3, -0.25) is 0 Å². The van der Waals surface area contributed by atoms with Gasteiger partial charge in [-0.25, -0.2) is 4.39 Å². The average molecular weight is 352 g/mol. The first-order chi connectivity index (χ1) is 7.97. The van der Waals surface area contributed by atoms with Crippen LogP contribution in [0, 0.1) is 9.39 Å². The monoisotopic (exact) mass is 352 g/mol. The average Bonchev–Trinajstić information content (AvgIpc) is 2.25. The molecule has 1 aromatic rings. The number of nitrogens with zero attached hydrogens (tertiary/aromatic N) is 1. The van der Waals surface area contributed by atoms with Gasteiger partial charge in [-0.15, -0.1) is 0 Å². The first kappa shape index (κ1) is 14.5. The van der Waals surface area contributed by atoms with Crippen molar-refractivity contribution >= 4 is 34.0 Å². The van der Waals surface area contributed by atoms with E-state index in [4.69, 9.17) is 10.8 Å². The highest BCUT2D eigenvalue weighted by Gasteiger charge is 2.15. The molecule has 0 bridgehead atoms. The molecule has 0 unspecified atom stereocenters. The quantitative estimate of drug-likeness (QED) is 0.633. The van der Waals surface area contributed by atoms with Crippen LogP contribution >= 0.6 is 22.6 Å². The second-order valence-electron chi connectivity index (χ2n) is 4.19. The van der Waals surface area contributed by atoms with Crippen LogP contribution in [0.15, 0.2) is 12.1 Å². The highest BCUT2D eigenvalue weighted by atomic mass is 127. The van der Waals surface area contributed by atoms with Crippen LogP contribution in [0.25, 0.3) is 0 Å². The second-order valence-corrected chi connectivity index (χ2v) is 5.35. The van der Waals surface area contributed by atoms with Gasteiger partial charge in [0.2, 0.25) is 0 Å². The number of hydrogen-bond donors (Lipinski definition) is 2. The Morgan fingerprint density at radius 2 is 2.12 bits per heavy atom. The summed E-state index contributed by atoms with van der Waals surface area (Å²) in [5, 5.41) is 8.88. The van der Waals surface area contributed by atoms with Crippen LogP contribution in [0.4, 0.5) is 15.8 Å². The normalized spacial score (nSPS) is 10.9. The third-order valence-electron chi connectivity index (χ3n) is 2.56. The standard InChI is InChI=1S/C12H18FIN2O/c1-8(2)16(4-3-5-17)12-6-9(13)10(14)7-11(12)15/h6-8,17H,3-5,15H2,1-2H3. The first-order valence-electron chi connectivity index (χ1n) is 5.59. The molecule has 0 spiro atoms.